The summed E-state index contributed by atoms with van der Waals surface area (Å²) in [5, 5.41) is 3.65. The second-order valence-electron chi connectivity index (χ2n) is 2.53. The molecule has 4 heteroatoms. The maximum absolute atomic E-state index is 5.13. The first-order chi connectivity index (χ1) is 6.81. The summed E-state index contributed by atoms with van der Waals surface area (Å²) >= 11 is 0. The minimum Gasteiger partial charge on any atom is -0.493 e. The van der Waals surface area contributed by atoms with Crippen LogP contribution in [-0.4, -0.2) is 27.5 Å². The van der Waals surface area contributed by atoms with E-state index in [1.54, 1.807) is 20.4 Å². The smallest absolute Gasteiger partial charge is 0.161 e. The van der Waals surface area contributed by atoms with Gasteiger partial charge >= 0.3 is 0 Å². The van der Waals surface area contributed by atoms with Gasteiger partial charge in [0, 0.05) is 5.56 Å². The van der Waals surface area contributed by atoms with Crippen LogP contribution < -0.4 is 9.47 Å². The van der Waals surface area contributed by atoms with Crippen LogP contribution in [0.3, 0.4) is 0 Å². The van der Waals surface area contributed by atoms with Crippen molar-refractivity contribution in [3.05, 3.63) is 23.8 Å². The monoisotopic (exact) mass is 195 g/mol. The zero-order valence-electron chi connectivity index (χ0n) is 8.48. The highest BCUT2D eigenvalue weighted by Crippen LogP contribution is 2.26. The number of ether oxygens (including phenoxy) is 2. The Morgan fingerprint density at radius 1 is 1.07 bits per heavy atom. The Morgan fingerprint density at radius 3 is 2.36 bits per heavy atom. The molecule has 0 fully saturated rings. The predicted molar refractivity (Wildman–Crippen MR) is 54.1 cm³/mol. The van der Waals surface area contributed by atoms with Gasteiger partial charge in [0.25, 0.3) is 0 Å². The Kier molecular flexibility index (Phi) is 3.79. The molecule has 0 amide bonds. The molecular formula is C10H13NO3. The molecule has 1 aromatic rings. The van der Waals surface area contributed by atoms with Gasteiger partial charge in [0.05, 0.1) is 20.4 Å². The van der Waals surface area contributed by atoms with Crippen LogP contribution in [0.2, 0.25) is 0 Å². The maximum atomic E-state index is 5.13. The lowest BCUT2D eigenvalue weighted by atomic mass is 10.2. The summed E-state index contributed by atoms with van der Waals surface area (Å²) in [4.78, 5) is 4.57. The number of benzene rings is 1. The molecule has 0 unspecified atom stereocenters. The molecule has 0 saturated heterocycles. The fourth-order valence-electron chi connectivity index (χ4n) is 1.05. The Balaban J connectivity index is 2.95. The fraction of sp³-hybridized carbons (Fsp3) is 0.300. The summed E-state index contributed by atoms with van der Waals surface area (Å²) in [7, 11) is 4.69. The molecule has 0 aliphatic carbocycles. The van der Waals surface area contributed by atoms with Crippen molar-refractivity contribution in [3.8, 4) is 11.5 Å². The average molecular weight is 195 g/mol. The Labute approximate surface area is 83.1 Å². The summed E-state index contributed by atoms with van der Waals surface area (Å²) < 4.78 is 10.2. The Hall–Kier alpha value is -1.71. The second kappa shape index (κ2) is 5.11. The van der Waals surface area contributed by atoms with E-state index < -0.39 is 0 Å². The number of oxime groups is 1. The molecule has 0 aliphatic heterocycles. The van der Waals surface area contributed by atoms with Gasteiger partial charge in [0.1, 0.15) is 7.11 Å². The van der Waals surface area contributed by atoms with E-state index >= 15 is 0 Å². The molecule has 14 heavy (non-hydrogen) atoms. The van der Waals surface area contributed by atoms with Gasteiger partial charge in [0.15, 0.2) is 11.5 Å². The van der Waals surface area contributed by atoms with Crippen molar-refractivity contribution >= 4 is 6.21 Å². The Morgan fingerprint density at radius 2 is 1.79 bits per heavy atom. The molecular weight excluding hydrogens is 182 g/mol. The van der Waals surface area contributed by atoms with Crippen LogP contribution in [-0.2, 0) is 4.84 Å². The first-order valence-corrected chi connectivity index (χ1v) is 4.10. The zero-order valence-corrected chi connectivity index (χ0v) is 8.48. The van der Waals surface area contributed by atoms with Crippen LogP contribution in [0.15, 0.2) is 23.4 Å². The van der Waals surface area contributed by atoms with Crippen molar-refractivity contribution in [2.75, 3.05) is 21.3 Å². The topological polar surface area (TPSA) is 40.0 Å². The van der Waals surface area contributed by atoms with Crippen molar-refractivity contribution in [3.63, 3.8) is 0 Å². The van der Waals surface area contributed by atoms with Gasteiger partial charge in [0.2, 0.25) is 0 Å². The van der Waals surface area contributed by atoms with Crippen molar-refractivity contribution < 1.29 is 14.3 Å². The molecule has 76 valence electrons. The van der Waals surface area contributed by atoms with Crippen LogP contribution in [0.25, 0.3) is 0 Å². The molecule has 0 saturated carbocycles. The van der Waals surface area contributed by atoms with E-state index in [4.69, 9.17) is 9.47 Å². The van der Waals surface area contributed by atoms with E-state index in [0.717, 1.165) is 5.56 Å². The average Bonchev–Trinajstić information content (AvgIpc) is 2.25. The number of rotatable bonds is 4. The minimum atomic E-state index is 0.674. The van der Waals surface area contributed by atoms with Gasteiger partial charge in [-0.3, -0.25) is 0 Å². The summed E-state index contributed by atoms with van der Waals surface area (Å²) in [6, 6.07) is 5.50. The third kappa shape index (κ3) is 2.39. The molecule has 0 atom stereocenters. The molecule has 0 aromatic heterocycles. The molecule has 0 aliphatic rings. The highest BCUT2D eigenvalue weighted by atomic mass is 16.6. The van der Waals surface area contributed by atoms with Crippen LogP contribution in [0.5, 0.6) is 11.5 Å². The van der Waals surface area contributed by atoms with Crippen molar-refractivity contribution in [2.45, 2.75) is 0 Å². The van der Waals surface area contributed by atoms with E-state index in [-0.39, 0.29) is 0 Å². The van der Waals surface area contributed by atoms with E-state index in [1.807, 2.05) is 18.2 Å². The predicted octanol–water partition coefficient (Wildman–Crippen LogP) is 1.68. The molecule has 1 aromatic carbocycles. The SMILES string of the molecule is CO/N=C/c1ccc(OC)c(OC)c1. The highest BCUT2D eigenvalue weighted by molar-refractivity contribution is 5.80. The van der Waals surface area contributed by atoms with Crippen LogP contribution in [0, 0.1) is 0 Å². The first-order valence-electron chi connectivity index (χ1n) is 4.10. The van der Waals surface area contributed by atoms with Gasteiger partial charge in [-0.25, -0.2) is 0 Å². The molecule has 0 heterocycles. The molecule has 0 spiro atoms. The number of nitrogens with zero attached hydrogens (tertiary/aromatic N) is 1. The molecule has 0 bridgehead atoms. The van der Waals surface area contributed by atoms with Gasteiger partial charge in [-0.1, -0.05) is 5.16 Å². The lowest BCUT2D eigenvalue weighted by Crippen LogP contribution is -1.92. The van der Waals surface area contributed by atoms with Crippen molar-refractivity contribution in [1.29, 1.82) is 0 Å². The second-order valence-corrected chi connectivity index (χ2v) is 2.53. The minimum absolute atomic E-state index is 0.674. The molecule has 1 rings (SSSR count). The molecule has 4 nitrogen and oxygen atoms in total. The van der Waals surface area contributed by atoms with Gasteiger partial charge in [-0.2, -0.15) is 0 Å². The summed E-state index contributed by atoms with van der Waals surface area (Å²) in [6.07, 6.45) is 1.60. The van der Waals surface area contributed by atoms with Crippen molar-refractivity contribution in [2.24, 2.45) is 5.16 Å². The molecule has 0 radical (unpaired) electrons. The third-order valence-electron chi connectivity index (χ3n) is 1.71. The van der Waals surface area contributed by atoms with Crippen molar-refractivity contribution in [1.82, 2.24) is 0 Å². The van der Waals surface area contributed by atoms with Crippen LogP contribution in [0.1, 0.15) is 5.56 Å². The summed E-state index contributed by atoms with van der Waals surface area (Å²) in [5.41, 5.74) is 0.893. The fourth-order valence-corrected chi connectivity index (χ4v) is 1.05. The number of methoxy groups -OCH3 is 2. The summed E-state index contributed by atoms with van der Waals surface area (Å²) in [6.45, 7) is 0. The number of hydrogen-bond acceptors (Lipinski definition) is 4. The largest absolute Gasteiger partial charge is 0.493 e. The standard InChI is InChI=1S/C10H13NO3/c1-12-9-5-4-8(7-11-14-3)6-10(9)13-2/h4-7H,1-3H3/b11-7+. The van der Waals surface area contributed by atoms with E-state index in [2.05, 4.69) is 9.99 Å². The van der Waals surface area contributed by atoms with Gasteiger partial charge in [-0.05, 0) is 18.2 Å². The maximum Gasteiger partial charge on any atom is 0.161 e. The van der Waals surface area contributed by atoms with Gasteiger partial charge < -0.3 is 14.3 Å². The lowest BCUT2D eigenvalue weighted by Gasteiger charge is -2.07. The highest BCUT2D eigenvalue weighted by Gasteiger charge is 2.02. The molecule has 0 N–H and O–H groups in total. The quantitative estimate of drug-likeness (QED) is 0.542. The lowest BCUT2D eigenvalue weighted by molar-refractivity contribution is 0.215. The number of hydrogen-bond donors (Lipinski definition) is 0. The zero-order chi connectivity index (χ0) is 10.4. The van der Waals surface area contributed by atoms with E-state index in [1.165, 1.54) is 7.11 Å². The van der Waals surface area contributed by atoms with Crippen LogP contribution in [0.4, 0.5) is 0 Å². The first kappa shape index (κ1) is 10.4. The third-order valence-corrected chi connectivity index (χ3v) is 1.71. The summed E-state index contributed by atoms with van der Waals surface area (Å²) in [5.74, 6) is 1.37. The van der Waals surface area contributed by atoms with Gasteiger partial charge in [-0.15, -0.1) is 0 Å². The normalized spacial score (nSPS) is 10.2. The Bertz CT molecular complexity index is 323. The van der Waals surface area contributed by atoms with E-state index in [9.17, 15) is 0 Å². The van der Waals surface area contributed by atoms with Crippen LogP contribution >= 0.6 is 0 Å². The van der Waals surface area contributed by atoms with E-state index in [0.29, 0.717) is 11.5 Å².